The predicted molar refractivity (Wildman–Crippen MR) is 138 cm³/mol. The van der Waals surface area contributed by atoms with Gasteiger partial charge in [0.2, 0.25) is 0 Å². The summed E-state index contributed by atoms with van der Waals surface area (Å²) in [5.74, 6) is 0. The van der Waals surface area contributed by atoms with Gasteiger partial charge < -0.3 is 0 Å². The summed E-state index contributed by atoms with van der Waals surface area (Å²) < 4.78 is 1.25. The van der Waals surface area contributed by atoms with Gasteiger partial charge in [0.1, 0.15) is 0 Å². The zero-order valence-corrected chi connectivity index (χ0v) is 19.1. The fourth-order valence-corrected chi connectivity index (χ4v) is 4.23. The molecule has 0 fully saturated rings. The number of benzene rings is 5. The van der Waals surface area contributed by atoms with Crippen molar-refractivity contribution in [2.45, 2.75) is 0 Å². The third-order valence-electron chi connectivity index (χ3n) is 5.41. The molecule has 0 saturated heterocycles. The molecule has 0 radical (unpaired) electrons. The number of hydrogen-bond acceptors (Lipinski definition) is 0. The summed E-state index contributed by atoms with van der Waals surface area (Å²) in [6.45, 7) is 0. The van der Waals surface area contributed by atoms with Crippen molar-refractivity contribution in [3.05, 3.63) is 118 Å². The van der Waals surface area contributed by atoms with E-state index in [9.17, 15) is 0 Å². The fraction of sp³-hybridized carbons (Fsp3) is 0. The molecule has 0 heterocycles. The van der Waals surface area contributed by atoms with Gasteiger partial charge in [0.15, 0.2) is 0 Å². The molecule has 0 unspecified atom stereocenters. The lowest BCUT2D eigenvalue weighted by molar-refractivity contribution is 1.59. The van der Waals surface area contributed by atoms with Crippen LogP contribution in [-0.4, -0.2) is 0 Å². The molecule has 0 amide bonds. The van der Waals surface area contributed by atoms with E-state index in [4.69, 9.17) is 11.6 Å². The average molecular weight is 517 g/mol. The van der Waals surface area contributed by atoms with Gasteiger partial charge in [-0.05, 0) is 103 Å². The van der Waals surface area contributed by atoms with Crippen molar-refractivity contribution in [1.82, 2.24) is 0 Å². The Kier molecular flexibility index (Phi) is 5.32. The van der Waals surface area contributed by atoms with E-state index >= 15 is 0 Å². The van der Waals surface area contributed by atoms with E-state index < -0.39 is 0 Å². The highest BCUT2D eigenvalue weighted by molar-refractivity contribution is 14.1. The first-order chi connectivity index (χ1) is 14.7. The molecular formula is C28H18ClI. The van der Waals surface area contributed by atoms with Crippen molar-refractivity contribution in [3.63, 3.8) is 0 Å². The highest BCUT2D eigenvalue weighted by Gasteiger charge is 2.04. The minimum Gasteiger partial charge on any atom is -0.0843 e. The molecule has 2 heteroatoms. The number of rotatable bonds is 3. The molecule has 0 aliphatic heterocycles. The van der Waals surface area contributed by atoms with Crippen molar-refractivity contribution in [2.75, 3.05) is 0 Å². The van der Waals surface area contributed by atoms with Crippen LogP contribution in [-0.2, 0) is 0 Å². The third-order valence-corrected chi connectivity index (χ3v) is 6.38. The van der Waals surface area contributed by atoms with Crippen LogP contribution in [0, 0.1) is 3.57 Å². The van der Waals surface area contributed by atoms with Gasteiger partial charge in [-0.2, -0.15) is 0 Å². The maximum atomic E-state index is 6.00. The number of halogens is 2. The first-order valence-corrected chi connectivity index (χ1v) is 11.3. The average Bonchev–Trinajstić information content (AvgIpc) is 2.79. The second kappa shape index (κ2) is 8.25. The van der Waals surface area contributed by atoms with Crippen molar-refractivity contribution >= 4 is 45.0 Å². The van der Waals surface area contributed by atoms with Crippen molar-refractivity contribution in [2.24, 2.45) is 0 Å². The van der Waals surface area contributed by atoms with Crippen LogP contribution < -0.4 is 0 Å². The Morgan fingerprint density at radius 3 is 1.20 bits per heavy atom. The molecule has 30 heavy (non-hydrogen) atoms. The van der Waals surface area contributed by atoms with Gasteiger partial charge in [0.05, 0.1) is 0 Å². The lowest BCUT2D eigenvalue weighted by Gasteiger charge is -2.08. The molecule has 0 N–H and O–H groups in total. The van der Waals surface area contributed by atoms with Crippen LogP contribution in [0.5, 0.6) is 0 Å². The Labute approximate surface area is 195 Å². The highest BCUT2D eigenvalue weighted by atomic mass is 127. The molecule has 0 nitrogen and oxygen atoms in total. The second-order valence-corrected chi connectivity index (χ2v) is 9.05. The van der Waals surface area contributed by atoms with Crippen molar-refractivity contribution in [1.29, 1.82) is 0 Å². The first kappa shape index (κ1) is 19.3. The number of fused-ring (bicyclic) bond motifs is 1. The minimum absolute atomic E-state index is 0.761. The Morgan fingerprint density at radius 2 is 0.733 bits per heavy atom. The van der Waals surface area contributed by atoms with Gasteiger partial charge in [0, 0.05) is 8.59 Å². The van der Waals surface area contributed by atoms with Crippen molar-refractivity contribution < 1.29 is 0 Å². The van der Waals surface area contributed by atoms with Gasteiger partial charge in [-0.1, -0.05) is 84.4 Å². The minimum atomic E-state index is 0.761. The number of hydrogen-bond donors (Lipinski definition) is 0. The quantitative estimate of drug-likeness (QED) is 0.210. The molecule has 5 rings (SSSR count). The predicted octanol–water partition coefficient (Wildman–Crippen LogP) is 9.10. The van der Waals surface area contributed by atoms with Gasteiger partial charge in [-0.25, -0.2) is 0 Å². The Balaban J connectivity index is 1.45. The zero-order chi connectivity index (χ0) is 20.5. The summed E-state index contributed by atoms with van der Waals surface area (Å²) in [7, 11) is 0. The molecule has 0 saturated carbocycles. The smallest absolute Gasteiger partial charge is 0.0406 e. The van der Waals surface area contributed by atoms with E-state index in [1.54, 1.807) is 0 Å². The molecule has 0 spiro atoms. The van der Waals surface area contributed by atoms with Gasteiger partial charge in [-0.15, -0.1) is 0 Å². The monoisotopic (exact) mass is 516 g/mol. The van der Waals surface area contributed by atoms with Gasteiger partial charge in [-0.3, -0.25) is 0 Å². The fourth-order valence-electron chi connectivity index (χ4n) is 3.74. The third kappa shape index (κ3) is 4.00. The molecule has 0 aromatic heterocycles. The lowest BCUT2D eigenvalue weighted by Crippen LogP contribution is -1.83. The summed E-state index contributed by atoms with van der Waals surface area (Å²) in [6, 6.07) is 38.7. The zero-order valence-electron chi connectivity index (χ0n) is 16.1. The van der Waals surface area contributed by atoms with Crippen LogP contribution in [0.1, 0.15) is 0 Å². The largest absolute Gasteiger partial charge is 0.0843 e. The van der Waals surface area contributed by atoms with E-state index in [1.807, 2.05) is 12.1 Å². The van der Waals surface area contributed by atoms with E-state index in [0.29, 0.717) is 0 Å². The molecule has 0 aliphatic rings. The molecule has 0 aliphatic carbocycles. The SMILES string of the molecule is Clc1ccc(-c2ccc(-c3ccc4cc(-c5ccc(I)cc5)ccc4c3)cc2)cc1. The van der Waals surface area contributed by atoms with Crippen LogP contribution in [0.25, 0.3) is 44.2 Å². The van der Waals surface area contributed by atoms with Crippen LogP contribution in [0.3, 0.4) is 0 Å². The summed E-state index contributed by atoms with van der Waals surface area (Å²) >= 11 is 8.34. The second-order valence-electron chi connectivity index (χ2n) is 7.37. The maximum absolute atomic E-state index is 6.00. The Bertz CT molecular complexity index is 1320. The molecule has 5 aromatic carbocycles. The maximum Gasteiger partial charge on any atom is 0.0406 e. The van der Waals surface area contributed by atoms with Crippen molar-refractivity contribution in [3.8, 4) is 33.4 Å². The summed E-state index contributed by atoms with van der Waals surface area (Å²) in [5, 5.41) is 3.27. The van der Waals surface area contributed by atoms with E-state index in [-0.39, 0.29) is 0 Å². The topological polar surface area (TPSA) is 0 Å². The summed E-state index contributed by atoms with van der Waals surface area (Å²) in [4.78, 5) is 0. The van der Waals surface area contributed by atoms with Crippen LogP contribution >= 0.6 is 34.2 Å². The molecule has 0 atom stereocenters. The standard InChI is InChI=1S/C28H18ClI/c29-27-13-9-20(10-14-27)19-1-3-21(4-2-19)23-5-7-26-18-24(6-8-25(26)17-23)22-11-15-28(30)16-12-22/h1-18H. The molecular weight excluding hydrogens is 499 g/mol. The highest BCUT2D eigenvalue weighted by Crippen LogP contribution is 2.30. The van der Waals surface area contributed by atoms with E-state index in [2.05, 4.69) is 120 Å². The van der Waals surface area contributed by atoms with Crippen LogP contribution in [0.2, 0.25) is 5.02 Å². The Hall–Kier alpha value is -2.62. The molecule has 0 bridgehead atoms. The van der Waals surface area contributed by atoms with Gasteiger partial charge in [0.25, 0.3) is 0 Å². The van der Waals surface area contributed by atoms with Gasteiger partial charge >= 0.3 is 0 Å². The first-order valence-electron chi connectivity index (χ1n) is 9.82. The molecule has 5 aromatic rings. The molecule has 144 valence electrons. The lowest BCUT2D eigenvalue weighted by atomic mass is 9.96. The van der Waals surface area contributed by atoms with E-state index in [1.165, 1.54) is 47.7 Å². The van der Waals surface area contributed by atoms with Crippen LogP contribution in [0.4, 0.5) is 0 Å². The van der Waals surface area contributed by atoms with Crippen LogP contribution in [0.15, 0.2) is 109 Å². The van der Waals surface area contributed by atoms with E-state index in [0.717, 1.165) is 5.02 Å². The summed E-state index contributed by atoms with van der Waals surface area (Å²) in [6.07, 6.45) is 0. The summed E-state index contributed by atoms with van der Waals surface area (Å²) in [5.41, 5.74) is 7.31. The Morgan fingerprint density at radius 1 is 0.400 bits per heavy atom. The normalized spacial score (nSPS) is 11.0.